The van der Waals surface area contributed by atoms with Crippen molar-refractivity contribution < 1.29 is 67.7 Å². The quantitative estimate of drug-likeness (QED) is 0.133. The number of rotatable bonds is 9. The lowest BCUT2D eigenvalue weighted by Crippen LogP contribution is -2.78. The molecule has 1 aliphatic heterocycles. The number of Topliss-reactive ketones (excluding diaryl/α,β-unsaturated/α-hetero) is 1. The fourth-order valence-corrected chi connectivity index (χ4v) is 10.3. The minimum absolute atomic E-state index is 0.00797. The molecule has 5 aliphatic rings. The lowest BCUT2D eigenvalue weighted by molar-refractivity contribution is -0.319. The van der Waals surface area contributed by atoms with Crippen molar-refractivity contribution in [2.45, 2.75) is 174 Å². The Kier molecular flexibility index (Phi) is 11.4. The molecule has 0 aromatic rings. The number of aliphatic hydroxyl groups is 3. The summed E-state index contributed by atoms with van der Waals surface area (Å²) < 4.78 is 35.3. The number of allylic oxidation sites excluding steroid dienone is 1. The zero-order valence-electron chi connectivity index (χ0n) is 33.1. The van der Waals surface area contributed by atoms with E-state index in [4.69, 9.17) is 28.4 Å². The Bertz CT molecular complexity index is 1600. The van der Waals surface area contributed by atoms with E-state index in [0.717, 1.165) is 11.1 Å². The van der Waals surface area contributed by atoms with E-state index in [9.17, 15) is 39.3 Å². The number of hydrogen-bond donors (Lipinski definition) is 3. The number of fused-ring (bicyclic) bond motifs is 5. The fraction of sp³-hybridized carbons (Fsp3) is 0.775. The number of ether oxygens (including phenoxy) is 6. The molecule has 5 rings (SSSR count). The molecule has 0 amide bonds. The van der Waals surface area contributed by atoms with Crippen LogP contribution in [0.3, 0.4) is 0 Å². The van der Waals surface area contributed by atoms with Gasteiger partial charge in [0, 0.05) is 32.8 Å². The van der Waals surface area contributed by atoms with Crippen molar-refractivity contribution in [3.63, 3.8) is 0 Å². The first-order valence-electron chi connectivity index (χ1n) is 19.0. The summed E-state index contributed by atoms with van der Waals surface area (Å²) in [5.74, 6) is -3.82. The van der Waals surface area contributed by atoms with E-state index in [1.807, 2.05) is 33.8 Å². The maximum Gasteiger partial charge on any atom is 0.330 e. The van der Waals surface area contributed by atoms with Crippen LogP contribution < -0.4 is 0 Å². The summed E-state index contributed by atoms with van der Waals surface area (Å²) in [6, 6.07) is 0. The van der Waals surface area contributed by atoms with E-state index in [-0.39, 0.29) is 31.6 Å². The van der Waals surface area contributed by atoms with Crippen molar-refractivity contribution in [1.29, 1.82) is 0 Å². The van der Waals surface area contributed by atoms with Crippen molar-refractivity contribution >= 4 is 29.7 Å². The zero-order chi connectivity index (χ0) is 40.3. The largest absolute Gasteiger partial charge is 0.458 e. The molecule has 13 atom stereocenters. The van der Waals surface area contributed by atoms with E-state index >= 15 is 0 Å². The van der Waals surface area contributed by atoms with Crippen LogP contribution in [0.5, 0.6) is 0 Å². The van der Waals surface area contributed by atoms with Crippen LogP contribution in [0.2, 0.25) is 0 Å². The van der Waals surface area contributed by atoms with Gasteiger partial charge in [-0.25, -0.2) is 4.79 Å². The maximum absolute atomic E-state index is 13.4. The smallest absolute Gasteiger partial charge is 0.330 e. The normalized spacial score (nSPS) is 43.1. The number of carbonyl (C=O) groups excluding carboxylic acids is 5. The van der Waals surface area contributed by atoms with Gasteiger partial charge >= 0.3 is 23.9 Å². The molecule has 302 valence electrons. The minimum Gasteiger partial charge on any atom is -0.458 e. The number of hydrogen-bond acceptors (Lipinski definition) is 14. The Morgan fingerprint density at radius 3 is 2.02 bits per heavy atom. The first kappa shape index (κ1) is 42.0. The molecule has 4 fully saturated rings. The molecular formula is C40H58O14. The highest BCUT2D eigenvalue weighted by atomic mass is 16.7. The Morgan fingerprint density at radius 1 is 0.852 bits per heavy atom. The van der Waals surface area contributed by atoms with Crippen LogP contribution in [-0.2, 0) is 52.4 Å². The van der Waals surface area contributed by atoms with Crippen molar-refractivity contribution in [1.82, 2.24) is 0 Å². The molecule has 1 heterocycles. The van der Waals surface area contributed by atoms with Crippen molar-refractivity contribution in [3.8, 4) is 0 Å². The Labute approximate surface area is 316 Å². The monoisotopic (exact) mass is 762 g/mol. The van der Waals surface area contributed by atoms with E-state index in [1.165, 1.54) is 33.8 Å². The summed E-state index contributed by atoms with van der Waals surface area (Å²) >= 11 is 0. The zero-order valence-corrected chi connectivity index (χ0v) is 33.1. The highest BCUT2D eigenvalue weighted by molar-refractivity contribution is 5.87. The topological polar surface area (TPSA) is 201 Å². The second-order valence-electron chi connectivity index (χ2n) is 16.9. The first-order valence-corrected chi connectivity index (χ1v) is 19.0. The van der Waals surface area contributed by atoms with Crippen LogP contribution in [-0.4, -0.2) is 105 Å². The highest BCUT2D eigenvalue weighted by Crippen LogP contribution is 2.71. The van der Waals surface area contributed by atoms with Gasteiger partial charge in [0.15, 0.2) is 30.4 Å². The Morgan fingerprint density at radius 2 is 1.44 bits per heavy atom. The molecule has 3 saturated carbocycles. The summed E-state index contributed by atoms with van der Waals surface area (Å²) in [5, 5.41) is 37.6. The molecule has 54 heavy (non-hydrogen) atoms. The number of carbonyl (C=O) groups is 5. The second kappa shape index (κ2) is 14.7. The molecule has 14 heteroatoms. The molecule has 0 aromatic heterocycles. The molecular weight excluding hydrogens is 704 g/mol. The van der Waals surface area contributed by atoms with Gasteiger partial charge in [-0.2, -0.15) is 0 Å². The molecule has 4 aliphatic carbocycles. The highest BCUT2D eigenvalue weighted by Gasteiger charge is 2.81. The maximum atomic E-state index is 13.4. The average Bonchev–Trinajstić information content (AvgIpc) is 3.29. The third-order valence-electron chi connectivity index (χ3n) is 13.6. The van der Waals surface area contributed by atoms with Crippen molar-refractivity contribution in [2.24, 2.45) is 22.7 Å². The first-order chi connectivity index (χ1) is 24.9. The van der Waals surface area contributed by atoms with Crippen LogP contribution in [0.25, 0.3) is 0 Å². The molecule has 0 spiro atoms. The predicted octanol–water partition coefficient (Wildman–Crippen LogP) is 3.55. The second-order valence-corrected chi connectivity index (χ2v) is 16.9. The fourth-order valence-electron chi connectivity index (χ4n) is 10.3. The van der Waals surface area contributed by atoms with Crippen molar-refractivity contribution in [3.05, 3.63) is 23.3 Å². The van der Waals surface area contributed by atoms with Crippen molar-refractivity contribution in [2.75, 3.05) is 0 Å². The van der Waals surface area contributed by atoms with Gasteiger partial charge in [-0.3, -0.25) is 19.2 Å². The van der Waals surface area contributed by atoms with Crippen LogP contribution in [0.15, 0.2) is 23.3 Å². The van der Waals surface area contributed by atoms with Crippen LogP contribution in [0.1, 0.15) is 114 Å². The van der Waals surface area contributed by atoms with E-state index in [0.29, 0.717) is 19.3 Å². The molecule has 0 unspecified atom stereocenters. The summed E-state index contributed by atoms with van der Waals surface area (Å²) in [5.41, 5.74) is -6.59. The molecule has 0 aromatic carbocycles. The van der Waals surface area contributed by atoms with E-state index < -0.39 is 106 Å². The summed E-state index contributed by atoms with van der Waals surface area (Å²) in [7, 11) is 0. The van der Waals surface area contributed by atoms with Crippen LogP contribution in [0.4, 0.5) is 0 Å². The van der Waals surface area contributed by atoms with Gasteiger partial charge in [-0.1, -0.05) is 38.0 Å². The van der Waals surface area contributed by atoms with Gasteiger partial charge in [0.1, 0.15) is 22.9 Å². The summed E-state index contributed by atoms with van der Waals surface area (Å²) in [6.07, 6.45) is -2.73. The van der Waals surface area contributed by atoms with Gasteiger partial charge in [0.05, 0.1) is 17.6 Å². The van der Waals surface area contributed by atoms with E-state index in [2.05, 4.69) is 0 Å². The molecule has 1 saturated heterocycles. The Balaban J connectivity index is 1.47. The molecule has 0 radical (unpaired) electrons. The summed E-state index contributed by atoms with van der Waals surface area (Å²) in [6.45, 7) is 15.7. The molecule has 14 nitrogen and oxygen atoms in total. The van der Waals surface area contributed by atoms with Crippen LogP contribution in [0, 0.1) is 22.7 Å². The number of esters is 4. The van der Waals surface area contributed by atoms with Gasteiger partial charge in [0.25, 0.3) is 0 Å². The lowest BCUT2D eigenvalue weighted by atomic mass is 9.42. The van der Waals surface area contributed by atoms with Gasteiger partial charge in [-0.15, -0.1) is 0 Å². The third kappa shape index (κ3) is 6.73. The lowest BCUT2D eigenvalue weighted by Gasteiger charge is -2.67. The molecule has 3 N–H and O–H groups in total. The van der Waals surface area contributed by atoms with E-state index in [1.54, 1.807) is 13.8 Å². The third-order valence-corrected chi connectivity index (χ3v) is 13.6. The summed E-state index contributed by atoms with van der Waals surface area (Å²) in [4.78, 5) is 62.9. The Hall–Kier alpha value is -3.17. The molecule has 0 bridgehead atoms. The predicted molar refractivity (Wildman–Crippen MR) is 190 cm³/mol. The van der Waals surface area contributed by atoms with Gasteiger partial charge < -0.3 is 43.7 Å². The SMILES string of the molecule is CC(=O)O[C@H]1[C@@H](OC(C)=O)[C@@H](C)O[C@@H](O[C@H]2CC[C@@]3(C)C(=CC[C@]4(O)[C@@H]3C[C@@H](OC(=O)/C=C(\C)C(C)C)[C@@]3(C)[C@]4(O)CC[C@@]3(O)C(C)=O)C2)[C@@H]1OC(C)=O. The number of ketones is 1. The standard InChI is InChI=1S/C40H58O14/c1-20(2)21(3)17-31(45)54-30-19-29-36(9)13-12-28(18-27(36)11-14-39(29,47)40(48)16-15-38(46,23(5)41)37(30,40)10)53-35-34(52-26(8)44)33(51-25(7)43)32(22(4)49-35)50-24(6)42/h11,17,20,22,28-30,32-35,46-48H,12-16,18-19H2,1-10H3/b21-17+/t22-,28+,29-,30-,32+,33+,34-,35+,36+,37-,38-,39+,40-/m1/s1. The van der Waals surface area contributed by atoms with Crippen LogP contribution >= 0.6 is 0 Å². The average molecular weight is 763 g/mol. The van der Waals surface area contributed by atoms with Gasteiger partial charge in [0.2, 0.25) is 0 Å². The van der Waals surface area contributed by atoms with Gasteiger partial charge in [-0.05, 0) is 84.0 Å². The minimum atomic E-state index is -2.06.